The van der Waals surface area contributed by atoms with Crippen molar-refractivity contribution in [1.29, 1.82) is 0 Å². The Labute approximate surface area is 192 Å². The fourth-order valence-electron chi connectivity index (χ4n) is 3.45. The van der Waals surface area contributed by atoms with Gasteiger partial charge in [0.05, 0.1) is 18.4 Å². The van der Waals surface area contributed by atoms with Crippen LogP contribution in [0.25, 0.3) is 0 Å². The fourth-order valence-corrected chi connectivity index (χ4v) is 6.48. The van der Waals surface area contributed by atoms with Gasteiger partial charge >= 0.3 is 23.5 Å². The normalized spacial score (nSPS) is 30.7. The summed E-state index contributed by atoms with van der Waals surface area (Å²) in [4.78, 5) is 48.5. The van der Waals surface area contributed by atoms with Crippen molar-refractivity contribution in [3.05, 3.63) is 12.0 Å². The van der Waals surface area contributed by atoms with E-state index in [4.69, 9.17) is 14.5 Å². The maximum absolute atomic E-state index is 11.9. The molecule has 7 atom stereocenters. The van der Waals surface area contributed by atoms with Crippen molar-refractivity contribution >= 4 is 41.2 Å². The first-order chi connectivity index (χ1) is 15.7. The van der Waals surface area contributed by atoms with Crippen LogP contribution in [0.1, 0.15) is 12.1 Å². The number of hydrogen-bond donors (Lipinski definition) is 7. The standard InChI is InChI=1S/C14H23N4O13P3/c1-15-14-10-8(17-6-18-14)3-2-7(4-16-10)13-12(20)11(19)9(29-13)5-28-33(24,25)31-34(26,27)30-32(21,22)23/h4,6-7,9,11-13,19-20H,2-3,5H2,1H3,(H,24,25)(H,26,27)(H,15,17,18)(H2,21,22,23)/t7?,9-,11?,12?,13+/m1/s1. The number of nitrogens with zero attached hydrogens (tertiary/aromatic N) is 3. The highest BCUT2D eigenvalue weighted by molar-refractivity contribution is 7.66. The number of ether oxygens (including phenoxy) is 1. The van der Waals surface area contributed by atoms with Gasteiger partial charge in [-0.05, 0) is 12.8 Å². The summed E-state index contributed by atoms with van der Waals surface area (Å²) >= 11 is 0. The van der Waals surface area contributed by atoms with Crippen LogP contribution in [-0.2, 0) is 38.0 Å². The lowest BCUT2D eigenvalue weighted by Crippen LogP contribution is -2.37. The van der Waals surface area contributed by atoms with E-state index in [0.717, 1.165) is 0 Å². The minimum Gasteiger partial charge on any atom is -0.388 e. The van der Waals surface area contributed by atoms with Gasteiger partial charge in [0.25, 0.3) is 0 Å². The molecule has 0 bridgehead atoms. The maximum Gasteiger partial charge on any atom is 0.490 e. The molecule has 2 aliphatic heterocycles. The number of nitrogens with one attached hydrogen (secondary N) is 1. The smallest absolute Gasteiger partial charge is 0.388 e. The molecule has 3 heterocycles. The summed E-state index contributed by atoms with van der Waals surface area (Å²) in [5, 5.41) is 23.6. The third-order valence-corrected chi connectivity index (χ3v) is 8.69. The molecule has 0 amide bonds. The van der Waals surface area contributed by atoms with E-state index in [-0.39, 0.29) is 0 Å². The lowest BCUT2D eigenvalue weighted by Gasteiger charge is -2.21. The highest BCUT2D eigenvalue weighted by Gasteiger charge is 2.48. The number of anilines is 1. The van der Waals surface area contributed by atoms with Crippen LogP contribution in [0.2, 0.25) is 0 Å². The molecule has 7 N–H and O–H groups in total. The van der Waals surface area contributed by atoms with E-state index < -0.39 is 60.4 Å². The predicted octanol–water partition coefficient (Wildman–Crippen LogP) is -0.385. The molecule has 2 aliphatic rings. The quantitative estimate of drug-likeness (QED) is 0.194. The van der Waals surface area contributed by atoms with Crippen LogP contribution in [0, 0.1) is 5.92 Å². The SMILES string of the molecule is CNc1ncnc2c1N=CC([C@@H]1O[C@H](COP(=O)(O)OP(=O)(O)OP(=O)(O)O)C(O)C1O)CC2. The number of hydrogen-bond acceptors (Lipinski definition) is 13. The Balaban J connectivity index is 1.63. The molecule has 1 aromatic rings. The molecule has 0 radical (unpaired) electrons. The number of aliphatic hydroxyl groups is 2. The van der Waals surface area contributed by atoms with Crippen LogP contribution in [0.3, 0.4) is 0 Å². The number of aliphatic hydroxyl groups excluding tert-OH is 2. The van der Waals surface area contributed by atoms with E-state index in [1.165, 1.54) is 12.5 Å². The monoisotopic (exact) mass is 548 g/mol. The molecule has 17 nitrogen and oxygen atoms in total. The molecule has 20 heteroatoms. The first-order valence-electron chi connectivity index (χ1n) is 9.57. The van der Waals surface area contributed by atoms with Crippen molar-refractivity contribution in [3.63, 3.8) is 0 Å². The number of aliphatic imine (C=N–C) groups is 1. The van der Waals surface area contributed by atoms with E-state index in [2.05, 4.69) is 33.4 Å². The van der Waals surface area contributed by atoms with Gasteiger partial charge in [-0.1, -0.05) is 0 Å². The summed E-state index contributed by atoms with van der Waals surface area (Å²) in [5.74, 6) is 0.00347. The Hall–Kier alpha value is -1.16. The minimum absolute atomic E-state index is 0.424. The Bertz CT molecular complexity index is 1070. The molecular formula is C14H23N4O13P3. The number of aryl methyl sites for hydroxylation is 1. The molecule has 0 spiro atoms. The number of aromatic nitrogens is 2. The number of fused-ring (bicyclic) bond motifs is 1. The lowest BCUT2D eigenvalue weighted by atomic mass is 9.93. The largest absolute Gasteiger partial charge is 0.490 e. The number of phosphoric acid groups is 3. The second-order valence-corrected chi connectivity index (χ2v) is 11.7. The summed E-state index contributed by atoms with van der Waals surface area (Å²) < 4.78 is 51.3. The lowest BCUT2D eigenvalue weighted by molar-refractivity contribution is -0.0320. The van der Waals surface area contributed by atoms with Gasteiger partial charge in [-0.15, -0.1) is 0 Å². The Morgan fingerprint density at radius 3 is 2.44 bits per heavy atom. The van der Waals surface area contributed by atoms with Gasteiger partial charge < -0.3 is 39.8 Å². The van der Waals surface area contributed by atoms with E-state index in [9.17, 15) is 33.7 Å². The van der Waals surface area contributed by atoms with Crippen molar-refractivity contribution in [2.45, 2.75) is 37.3 Å². The van der Waals surface area contributed by atoms with Crippen molar-refractivity contribution < 1.29 is 61.4 Å². The highest BCUT2D eigenvalue weighted by Crippen LogP contribution is 2.66. The molecule has 0 aromatic carbocycles. The van der Waals surface area contributed by atoms with Crippen molar-refractivity contribution in [1.82, 2.24) is 9.97 Å². The molecular weight excluding hydrogens is 525 g/mol. The van der Waals surface area contributed by atoms with Gasteiger partial charge in [0.1, 0.15) is 30.3 Å². The van der Waals surface area contributed by atoms with Crippen molar-refractivity contribution in [2.75, 3.05) is 19.0 Å². The molecule has 1 aromatic heterocycles. The van der Waals surface area contributed by atoms with Gasteiger partial charge in [0.2, 0.25) is 0 Å². The summed E-state index contributed by atoms with van der Waals surface area (Å²) in [6.07, 6.45) is -1.61. The molecule has 5 unspecified atom stereocenters. The molecule has 1 fully saturated rings. The van der Waals surface area contributed by atoms with Crippen LogP contribution >= 0.6 is 23.5 Å². The summed E-state index contributed by atoms with van der Waals surface area (Å²) in [5.41, 5.74) is 1.18. The van der Waals surface area contributed by atoms with Gasteiger partial charge in [-0.25, -0.2) is 23.7 Å². The zero-order valence-electron chi connectivity index (χ0n) is 17.4. The number of rotatable bonds is 9. The topological polar surface area (TPSA) is 260 Å². The first kappa shape index (κ1) is 27.4. The molecule has 34 heavy (non-hydrogen) atoms. The van der Waals surface area contributed by atoms with E-state index in [0.29, 0.717) is 30.0 Å². The van der Waals surface area contributed by atoms with E-state index in [1.54, 1.807) is 7.05 Å². The van der Waals surface area contributed by atoms with E-state index >= 15 is 0 Å². The predicted molar refractivity (Wildman–Crippen MR) is 112 cm³/mol. The van der Waals surface area contributed by atoms with E-state index in [1.807, 2.05) is 0 Å². The van der Waals surface area contributed by atoms with Crippen LogP contribution in [0.4, 0.5) is 11.5 Å². The van der Waals surface area contributed by atoms with Gasteiger partial charge in [0, 0.05) is 19.2 Å². The van der Waals surface area contributed by atoms with Crippen LogP contribution in [-0.4, -0.2) is 84.0 Å². The van der Waals surface area contributed by atoms with Gasteiger partial charge in [-0.2, -0.15) is 8.62 Å². The maximum atomic E-state index is 11.9. The molecule has 1 saturated heterocycles. The number of phosphoric ester groups is 1. The minimum atomic E-state index is -5.69. The van der Waals surface area contributed by atoms with Crippen LogP contribution in [0.15, 0.2) is 11.3 Å². The first-order valence-corrected chi connectivity index (χ1v) is 14.1. The Morgan fingerprint density at radius 2 is 1.79 bits per heavy atom. The van der Waals surface area contributed by atoms with Gasteiger partial charge in [0.15, 0.2) is 5.82 Å². The average Bonchev–Trinajstić information content (AvgIpc) is 2.87. The second kappa shape index (κ2) is 10.4. The van der Waals surface area contributed by atoms with Gasteiger partial charge in [-0.3, -0.25) is 9.52 Å². The third-order valence-electron chi connectivity index (χ3n) is 4.88. The molecule has 0 saturated carbocycles. The zero-order chi connectivity index (χ0) is 25.3. The Kier molecular flexibility index (Phi) is 8.43. The molecule has 3 rings (SSSR count). The van der Waals surface area contributed by atoms with Crippen LogP contribution < -0.4 is 5.32 Å². The summed E-state index contributed by atoms with van der Waals surface area (Å²) in [6, 6.07) is 0. The Morgan fingerprint density at radius 1 is 1.09 bits per heavy atom. The average molecular weight is 548 g/mol. The fraction of sp³-hybridized carbons (Fsp3) is 0.643. The molecule has 192 valence electrons. The highest BCUT2D eigenvalue weighted by atomic mass is 31.3. The summed E-state index contributed by atoms with van der Waals surface area (Å²) in [7, 11) is -15.0. The zero-order valence-corrected chi connectivity index (χ0v) is 20.1. The van der Waals surface area contributed by atoms with Crippen molar-refractivity contribution in [3.8, 4) is 0 Å². The van der Waals surface area contributed by atoms with Crippen molar-refractivity contribution in [2.24, 2.45) is 10.9 Å². The second-order valence-electron chi connectivity index (χ2n) is 7.26. The molecule has 0 aliphatic carbocycles. The third kappa shape index (κ3) is 6.95. The summed E-state index contributed by atoms with van der Waals surface area (Å²) in [6.45, 7) is -0.891. The van der Waals surface area contributed by atoms with Crippen LogP contribution in [0.5, 0.6) is 0 Å².